The molecule has 1 aliphatic heterocycles. The molecule has 17 heavy (non-hydrogen) atoms. The average Bonchev–Trinajstić information content (AvgIpc) is 2.37. The van der Waals surface area contributed by atoms with Crippen LogP contribution in [0.25, 0.3) is 0 Å². The predicted octanol–water partition coefficient (Wildman–Crippen LogP) is 2.12. The SMILES string of the molecule is O=C(CCl)NC(=O)N1CCC[C@H]2CCCC[C@H]21. The summed E-state index contributed by atoms with van der Waals surface area (Å²) >= 11 is 5.39. The van der Waals surface area contributed by atoms with Crippen LogP contribution in [0.3, 0.4) is 0 Å². The number of imide groups is 1. The molecule has 0 bridgehead atoms. The third-order valence-electron chi connectivity index (χ3n) is 3.87. The van der Waals surface area contributed by atoms with E-state index in [1.54, 1.807) is 0 Å². The maximum Gasteiger partial charge on any atom is 0.324 e. The van der Waals surface area contributed by atoms with Crippen LogP contribution >= 0.6 is 11.6 Å². The van der Waals surface area contributed by atoms with Gasteiger partial charge in [-0.2, -0.15) is 0 Å². The van der Waals surface area contributed by atoms with Crippen LogP contribution in [0.4, 0.5) is 4.79 Å². The van der Waals surface area contributed by atoms with Crippen LogP contribution in [0.2, 0.25) is 0 Å². The fourth-order valence-corrected chi connectivity index (χ4v) is 3.17. The van der Waals surface area contributed by atoms with Crippen LogP contribution in [0.15, 0.2) is 0 Å². The summed E-state index contributed by atoms with van der Waals surface area (Å²) in [5.41, 5.74) is 0. The molecular formula is C12H19ClN2O2. The molecule has 1 N–H and O–H groups in total. The largest absolute Gasteiger partial charge is 0.324 e. The standard InChI is InChI=1S/C12H19ClN2O2/c13-8-11(16)14-12(17)15-7-3-5-9-4-1-2-6-10(9)15/h9-10H,1-8H2,(H,14,16,17)/t9-,10-/m1/s1. The Balaban J connectivity index is 1.98. The molecule has 3 amide bonds. The van der Waals surface area contributed by atoms with E-state index < -0.39 is 5.91 Å². The topological polar surface area (TPSA) is 49.4 Å². The molecule has 0 unspecified atom stereocenters. The van der Waals surface area contributed by atoms with E-state index in [9.17, 15) is 9.59 Å². The van der Waals surface area contributed by atoms with Gasteiger partial charge in [0, 0.05) is 12.6 Å². The van der Waals surface area contributed by atoms with Gasteiger partial charge in [0.1, 0.15) is 5.88 Å². The van der Waals surface area contributed by atoms with Crippen molar-refractivity contribution in [2.45, 2.75) is 44.6 Å². The van der Waals surface area contributed by atoms with Crippen LogP contribution in [-0.2, 0) is 4.79 Å². The summed E-state index contributed by atoms with van der Waals surface area (Å²) in [6.45, 7) is 0.766. The van der Waals surface area contributed by atoms with Crippen LogP contribution in [0.1, 0.15) is 38.5 Å². The quantitative estimate of drug-likeness (QED) is 0.733. The lowest BCUT2D eigenvalue weighted by Crippen LogP contribution is -2.54. The number of amides is 3. The highest BCUT2D eigenvalue weighted by molar-refractivity contribution is 6.28. The maximum absolute atomic E-state index is 12.0. The number of nitrogens with zero attached hydrogens (tertiary/aromatic N) is 1. The normalized spacial score (nSPS) is 28.4. The number of likely N-dealkylation sites (tertiary alicyclic amines) is 1. The molecule has 96 valence electrons. The zero-order chi connectivity index (χ0) is 12.3. The number of carbonyl (C=O) groups excluding carboxylic acids is 2. The van der Waals surface area contributed by atoms with Gasteiger partial charge in [-0.25, -0.2) is 4.79 Å². The summed E-state index contributed by atoms with van der Waals surface area (Å²) in [4.78, 5) is 24.9. The first-order chi connectivity index (χ1) is 8.22. The monoisotopic (exact) mass is 258 g/mol. The second-order valence-corrected chi connectivity index (χ2v) is 5.20. The molecule has 1 aliphatic carbocycles. The zero-order valence-electron chi connectivity index (χ0n) is 9.95. The lowest BCUT2D eigenvalue weighted by atomic mass is 9.78. The smallest absolute Gasteiger partial charge is 0.321 e. The summed E-state index contributed by atoms with van der Waals surface area (Å²) in [5.74, 6) is 0.0668. The highest BCUT2D eigenvalue weighted by Crippen LogP contribution is 2.35. The molecule has 2 aliphatic rings. The van der Waals surface area contributed by atoms with E-state index in [0.717, 1.165) is 19.4 Å². The lowest BCUT2D eigenvalue weighted by molar-refractivity contribution is -0.117. The molecule has 0 radical (unpaired) electrons. The minimum Gasteiger partial charge on any atom is -0.321 e. The van der Waals surface area contributed by atoms with E-state index in [1.807, 2.05) is 4.90 Å². The molecule has 1 saturated heterocycles. The van der Waals surface area contributed by atoms with Crippen LogP contribution in [-0.4, -0.2) is 35.3 Å². The van der Waals surface area contributed by atoms with Crippen molar-refractivity contribution in [3.05, 3.63) is 0 Å². The first kappa shape index (κ1) is 12.7. The number of hydrogen-bond acceptors (Lipinski definition) is 2. The van der Waals surface area contributed by atoms with Gasteiger partial charge in [0.05, 0.1) is 0 Å². The molecule has 0 aromatic carbocycles. The van der Waals surface area contributed by atoms with Crippen molar-refractivity contribution in [1.82, 2.24) is 10.2 Å². The van der Waals surface area contributed by atoms with Crippen molar-refractivity contribution in [2.24, 2.45) is 5.92 Å². The van der Waals surface area contributed by atoms with E-state index in [-0.39, 0.29) is 11.9 Å². The van der Waals surface area contributed by atoms with E-state index in [0.29, 0.717) is 12.0 Å². The Bertz CT molecular complexity index is 307. The van der Waals surface area contributed by atoms with Crippen molar-refractivity contribution in [2.75, 3.05) is 12.4 Å². The third kappa shape index (κ3) is 2.92. The van der Waals surface area contributed by atoms with Crippen molar-refractivity contribution < 1.29 is 9.59 Å². The molecular weight excluding hydrogens is 240 g/mol. The van der Waals surface area contributed by atoms with Crippen molar-refractivity contribution in [3.8, 4) is 0 Å². The fraction of sp³-hybridized carbons (Fsp3) is 0.833. The summed E-state index contributed by atoms with van der Waals surface area (Å²) < 4.78 is 0. The molecule has 0 aromatic heterocycles. The van der Waals surface area contributed by atoms with Crippen LogP contribution in [0, 0.1) is 5.92 Å². The highest BCUT2D eigenvalue weighted by atomic mass is 35.5. The summed E-state index contributed by atoms with van der Waals surface area (Å²) in [6, 6.07) is 0.0767. The van der Waals surface area contributed by atoms with Gasteiger partial charge in [-0.3, -0.25) is 10.1 Å². The van der Waals surface area contributed by atoms with E-state index in [4.69, 9.17) is 11.6 Å². The van der Waals surface area contributed by atoms with E-state index in [1.165, 1.54) is 25.7 Å². The molecule has 5 heteroatoms. The summed E-state index contributed by atoms with van der Waals surface area (Å²) in [7, 11) is 0. The Labute approximate surface area is 107 Å². The average molecular weight is 259 g/mol. The number of halogens is 1. The molecule has 0 spiro atoms. The van der Waals surface area contributed by atoms with Crippen LogP contribution < -0.4 is 5.32 Å². The van der Waals surface area contributed by atoms with Gasteiger partial charge in [0.2, 0.25) is 5.91 Å². The number of urea groups is 1. The Morgan fingerprint density at radius 3 is 2.65 bits per heavy atom. The third-order valence-corrected chi connectivity index (χ3v) is 4.11. The number of piperidine rings is 1. The first-order valence-electron chi connectivity index (χ1n) is 6.39. The second-order valence-electron chi connectivity index (χ2n) is 4.93. The number of fused-ring (bicyclic) bond motifs is 1. The molecule has 2 rings (SSSR count). The Kier molecular flexibility index (Phi) is 4.26. The van der Waals surface area contributed by atoms with E-state index in [2.05, 4.69) is 5.32 Å². The van der Waals surface area contributed by atoms with Gasteiger partial charge in [-0.15, -0.1) is 11.6 Å². The summed E-state index contributed by atoms with van der Waals surface area (Å²) in [5, 5.41) is 2.35. The number of hydrogen-bond donors (Lipinski definition) is 1. The molecule has 4 nitrogen and oxygen atoms in total. The Morgan fingerprint density at radius 2 is 1.88 bits per heavy atom. The molecule has 0 aromatic rings. The lowest BCUT2D eigenvalue weighted by Gasteiger charge is -2.43. The zero-order valence-corrected chi connectivity index (χ0v) is 10.7. The number of nitrogens with one attached hydrogen (secondary N) is 1. The van der Waals surface area contributed by atoms with Gasteiger partial charge in [-0.1, -0.05) is 12.8 Å². The minimum absolute atomic E-state index is 0.159. The van der Waals surface area contributed by atoms with Gasteiger partial charge in [-0.05, 0) is 31.6 Å². The summed E-state index contributed by atoms with van der Waals surface area (Å²) in [6.07, 6.45) is 7.03. The van der Waals surface area contributed by atoms with Crippen molar-refractivity contribution in [1.29, 1.82) is 0 Å². The number of alkyl halides is 1. The first-order valence-corrected chi connectivity index (χ1v) is 6.92. The van der Waals surface area contributed by atoms with Gasteiger partial charge < -0.3 is 4.90 Å². The maximum atomic E-state index is 12.0. The Hall–Kier alpha value is -0.770. The predicted molar refractivity (Wildman–Crippen MR) is 65.9 cm³/mol. The Morgan fingerprint density at radius 1 is 1.18 bits per heavy atom. The number of rotatable bonds is 1. The highest BCUT2D eigenvalue weighted by Gasteiger charge is 2.35. The van der Waals surface area contributed by atoms with Gasteiger partial charge in [0.15, 0.2) is 0 Å². The number of carbonyl (C=O) groups is 2. The molecule has 1 heterocycles. The van der Waals surface area contributed by atoms with Crippen molar-refractivity contribution in [3.63, 3.8) is 0 Å². The molecule has 2 atom stereocenters. The fourth-order valence-electron chi connectivity index (χ4n) is 3.10. The van der Waals surface area contributed by atoms with Crippen molar-refractivity contribution >= 4 is 23.5 Å². The van der Waals surface area contributed by atoms with E-state index >= 15 is 0 Å². The second kappa shape index (κ2) is 5.71. The van der Waals surface area contributed by atoms with Crippen LogP contribution in [0.5, 0.6) is 0 Å². The molecule has 1 saturated carbocycles. The minimum atomic E-state index is -0.408. The molecule has 2 fully saturated rings. The van der Waals surface area contributed by atoms with Gasteiger partial charge in [0.25, 0.3) is 0 Å². The van der Waals surface area contributed by atoms with Gasteiger partial charge >= 0.3 is 6.03 Å².